The zero-order chi connectivity index (χ0) is 16.2. The van der Waals surface area contributed by atoms with Crippen LogP contribution in [0.3, 0.4) is 0 Å². The van der Waals surface area contributed by atoms with Gasteiger partial charge < -0.3 is 10.1 Å². The van der Waals surface area contributed by atoms with E-state index in [-0.39, 0.29) is 12.0 Å². The topological polar surface area (TPSA) is 56.2 Å². The number of aryl methyl sites for hydroxylation is 1. The molecule has 0 aliphatic carbocycles. The molecule has 5 heteroatoms. The summed E-state index contributed by atoms with van der Waals surface area (Å²) in [5, 5.41) is 7.27. The SMILES string of the molecule is CCCn1ncc(C(=O)NC[C@H]2OCCc3ccccc32)c1C. The van der Waals surface area contributed by atoms with E-state index in [1.807, 2.05) is 23.7 Å². The summed E-state index contributed by atoms with van der Waals surface area (Å²) in [5.41, 5.74) is 4.04. The van der Waals surface area contributed by atoms with Gasteiger partial charge in [-0.15, -0.1) is 0 Å². The first-order valence-corrected chi connectivity index (χ1v) is 8.20. The Balaban J connectivity index is 1.66. The van der Waals surface area contributed by atoms with Crippen molar-refractivity contribution in [3.05, 3.63) is 52.8 Å². The van der Waals surface area contributed by atoms with Crippen LogP contribution in [0.5, 0.6) is 0 Å². The van der Waals surface area contributed by atoms with E-state index >= 15 is 0 Å². The van der Waals surface area contributed by atoms with E-state index in [0.717, 1.165) is 25.1 Å². The van der Waals surface area contributed by atoms with Gasteiger partial charge in [-0.25, -0.2) is 0 Å². The third kappa shape index (κ3) is 3.29. The van der Waals surface area contributed by atoms with Crippen LogP contribution in [0.4, 0.5) is 0 Å². The molecule has 1 aromatic carbocycles. The van der Waals surface area contributed by atoms with E-state index in [2.05, 4.69) is 29.5 Å². The van der Waals surface area contributed by atoms with E-state index in [4.69, 9.17) is 4.74 Å². The number of benzene rings is 1. The summed E-state index contributed by atoms with van der Waals surface area (Å²) in [7, 11) is 0. The van der Waals surface area contributed by atoms with E-state index in [9.17, 15) is 4.79 Å². The molecule has 0 radical (unpaired) electrons. The number of hydrogen-bond acceptors (Lipinski definition) is 3. The van der Waals surface area contributed by atoms with Crippen LogP contribution in [0.15, 0.2) is 30.5 Å². The molecule has 1 aliphatic rings. The molecule has 1 N–H and O–H groups in total. The van der Waals surface area contributed by atoms with Crippen LogP contribution in [0.25, 0.3) is 0 Å². The number of hydrogen-bond donors (Lipinski definition) is 1. The monoisotopic (exact) mass is 313 g/mol. The zero-order valence-corrected chi connectivity index (χ0v) is 13.7. The van der Waals surface area contributed by atoms with E-state index < -0.39 is 0 Å². The van der Waals surface area contributed by atoms with Crippen LogP contribution >= 0.6 is 0 Å². The number of aromatic nitrogens is 2. The Morgan fingerprint density at radius 2 is 2.26 bits per heavy atom. The third-order valence-corrected chi connectivity index (χ3v) is 4.32. The van der Waals surface area contributed by atoms with E-state index in [0.29, 0.717) is 18.7 Å². The lowest BCUT2D eigenvalue weighted by Crippen LogP contribution is -2.32. The highest BCUT2D eigenvalue weighted by molar-refractivity contribution is 5.95. The van der Waals surface area contributed by atoms with Crippen LogP contribution in [0, 0.1) is 6.92 Å². The first kappa shape index (κ1) is 15.7. The highest BCUT2D eigenvalue weighted by Gasteiger charge is 2.22. The molecular formula is C18H23N3O2. The fraction of sp³-hybridized carbons (Fsp3) is 0.444. The maximum atomic E-state index is 12.4. The fourth-order valence-corrected chi connectivity index (χ4v) is 3.03. The Morgan fingerprint density at radius 3 is 3.09 bits per heavy atom. The molecule has 1 aliphatic heterocycles. The Kier molecular flexibility index (Phi) is 4.76. The van der Waals surface area contributed by atoms with Gasteiger partial charge in [-0.3, -0.25) is 9.48 Å². The minimum atomic E-state index is -0.0866. The van der Waals surface area contributed by atoms with Crippen molar-refractivity contribution < 1.29 is 9.53 Å². The molecule has 0 spiro atoms. The van der Waals surface area contributed by atoms with Crippen LogP contribution in [-0.2, 0) is 17.7 Å². The molecule has 1 amide bonds. The van der Waals surface area contributed by atoms with Crippen LogP contribution in [0.1, 0.15) is 46.6 Å². The fourth-order valence-electron chi connectivity index (χ4n) is 3.03. The number of amides is 1. The van der Waals surface area contributed by atoms with Gasteiger partial charge in [0, 0.05) is 18.8 Å². The molecule has 23 heavy (non-hydrogen) atoms. The van der Waals surface area contributed by atoms with Crippen molar-refractivity contribution in [1.82, 2.24) is 15.1 Å². The van der Waals surface area contributed by atoms with Gasteiger partial charge in [0.05, 0.1) is 18.4 Å². The number of rotatable bonds is 5. The molecule has 0 fully saturated rings. The van der Waals surface area contributed by atoms with Crippen molar-refractivity contribution >= 4 is 5.91 Å². The first-order chi connectivity index (χ1) is 11.2. The van der Waals surface area contributed by atoms with Gasteiger partial charge in [-0.2, -0.15) is 5.10 Å². The van der Waals surface area contributed by atoms with Gasteiger partial charge >= 0.3 is 0 Å². The van der Waals surface area contributed by atoms with Crippen molar-refractivity contribution in [2.75, 3.05) is 13.2 Å². The molecule has 5 nitrogen and oxygen atoms in total. The largest absolute Gasteiger partial charge is 0.371 e. The Morgan fingerprint density at radius 1 is 1.43 bits per heavy atom. The normalized spacial score (nSPS) is 16.9. The molecule has 0 saturated carbocycles. The highest BCUT2D eigenvalue weighted by Crippen LogP contribution is 2.26. The number of nitrogens with one attached hydrogen (secondary N) is 1. The lowest BCUT2D eigenvalue weighted by molar-refractivity contribution is 0.0411. The Labute approximate surface area is 136 Å². The zero-order valence-electron chi connectivity index (χ0n) is 13.7. The molecule has 2 aromatic rings. The second-order valence-corrected chi connectivity index (χ2v) is 5.89. The second-order valence-electron chi connectivity index (χ2n) is 5.89. The average molecular weight is 313 g/mol. The van der Waals surface area contributed by atoms with Gasteiger partial charge in [0.25, 0.3) is 5.91 Å². The van der Waals surface area contributed by atoms with Crippen molar-refractivity contribution in [2.45, 2.75) is 39.3 Å². The number of nitrogens with zero attached hydrogens (tertiary/aromatic N) is 2. The van der Waals surface area contributed by atoms with Crippen molar-refractivity contribution in [1.29, 1.82) is 0 Å². The predicted molar refractivity (Wildman–Crippen MR) is 88.4 cm³/mol. The minimum absolute atomic E-state index is 0.0742. The molecule has 0 bridgehead atoms. The maximum Gasteiger partial charge on any atom is 0.254 e. The Bertz CT molecular complexity index is 693. The van der Waals surface area contributed by atoms with Crippen molar-refractivity contribution in [2.24, 2.45) is 0 Å². The first-order valence-electron chi connectivity index (χ1n) is 8.20. The third-order valence-electron chi connectivity index (χ3n) is 4.32. The smallest absolute Gasteiger partial charge is 0.254 e. The number of carbonyl (C=O) groups excluding carboxylic acids is 1. The van der Waals surface area contributed by atoms with E-state index in [1.54, 1.807) is 6.20 Å². The maximum absolute atomic E-state index is 12.4. The summed E-state index contributed by atoms with van der Waals surface area (Å²) < 4.78 is 7.71. The molecule has 1 atom stereocenters. The summed E-state index contributed by atoms with van der Waals surface area (Å²) in [5.74, 6) is -0.0866. The minimum Gasteiger partial charge on any atom is -0.371 e. The average Bonchev–Trinajstić information content (AvgIpc) is 2.94. The van der Waals surface area contributed by atoms with E-state index in [1.165, 1.54) is 11.1 Å². The predicted octanol–water partition coefficient (Wildman–Crippen LogP) is 2.65. The molecule has 0 saturated heterocycles. The van der Waals surface area contributed by atoms with Crippen LogP contribution in [-0.4, -0.2) is 28.8 Å². The van der Waals surface area contributed by atoms with Gasteiger partial charge in [0.15, 0.2) is 0 Å². The number of carbonyl (C=O) groups is 1. The molecule has 3 rings (SSSR count). The van der Waals surface area contributed by atoms with Gasteiger partial charge in [0.1, 0.15) is 6.10 Å². The van der Waals surface area contributed by atoms with Crippen molar-refractivity contribution in [3.8, 4) is 0 Å². The van der Waals surface area contributed by atoms with Crippen LogP contribution < -0.4 is 5.32 Å². The summed E-state index contributed by atoms with van der Waals surface area (Å²) >= 11 is 0. The molecule has 1 aromatic heterocycles. The quantitative estimate of drug-likeness (QED) is 0.923. The van der Waals surface area contributed by atoms with Gasteiger partial charge in [-0.05, 0) is 30.9 Å². The van der Waals surface area contributed by atoms with Gasteiger partial charge in [0.2, 0.25) is 0 Å². The second kappa shape index (κ2) is 6.96. The number of ether oxygens (including phenoxy) is 1. The number of fused-ring (bicyclic) bond motifs is 1. The Hall–Kier alpha value is -2.14. The molecule has 2 heterocycles. The molecule has 122 valence electrons. The highest BCUT2D eigenvalue weighted by atomic mass is 16.5. The lowest BCUT2D eigenvalue weighted by Gasteiger charge is -2.26. The van der Waals surface area contributed by atoms with Gasteiger partial charge in [-0.1, -0.05) is 31.2 Å². The molecule has 0 unspecified atom stereocenters. The summed E-state index contributed by atoms with van der Waals surface area (Å²) in [6.07, 6.45) is 3.50. The summed E-state index contributed by atoms with van der Waals surface area (Å²) in [4.78, 5) is 12.4. The van der Waals surface area contributed by atoms with Crippen LogP contribution in [0.2, 0.25) is 0 Å². The summed E-state index contributed by atoms with van der Waals surface area (Å²) in [6, 6.07) is 8.27. The van der Waals surface area contributed by atoms with Crippen molar-refractivity contribution in [3.63, 3.8) is 0 Å². The lowest BCUT2D eigenvalue weighted by atomic mass is 9.97. The molecular weight excluding hydrogens is 290 g/mol. The summed E-state index contributed by atoms with van der Waals surface area (Å²) in [6.45, 7) is 6.04. The standard InChI is InChI=1S/C18H23N3O2/c1-3-9-21-13(2)16(11-20-21)18(22)19-12-17-15-7-5-4-6-14(15)8-10-23-17/h4-7,11,17H,3,8-10,12H2,1-2H3,(H,19,22)/t17-/m1/s1.